The van der Waals surface area contributed by atoms with Gasteiger partial charge >= 0.3 is 0 Å². The first kappa shape index (κ1) is 22.4. The number of amides is 2. The molecular formula is C25H33N3O4. The van der Waals surface area contributed by atoms with E-state index in [1.54, 1.807) is 18.7 Å². The van der Waals surface area contributed by atoms with Crippen LogP contribution in [0.4, 0.5) is 0 Å². The SMILES string of the molecule is Cc1nc(C)c(C(=O)N2CCCC(=O)N3CCCCC3CCc3cccc(c3)OCC2)o1. The Kier molecular flexibility index (Phi) is 7.12. The highest BCUT2D eigenvalue weighted by Crippen LogP contribution is 2.24. The minimum atomic E-state index is -0.201. The van der Waals surface area contributed by atoms with Crippen molar-refractivity contribution in [1.82, 2.24) is 14.8 Å². The molecule has 1 fully saturated rings. The predicted molar refractivity (Wildman–Crippen MR) is 121 cm³/mol. The Morgan fingerprint density at radius 2 is 1.94 bits per heavy atom. The summed E-state index contributed by atoms with van der Waals surface area (Å²) in [5.41, 5.74) is 1.81. The van der Waals surface area contributed by atoms with Crippen LogP contribution < -0.4 is 4.74 Å². The lowest BCUT2D eigenvalue weighted by Crippen LogP contribution is -2.44. The van der Waals surface area contributed by atoms with Gasteiger partial charge in [-0.1, -0.05) is 12.1 Å². The lowest BCUT2D eigenvalue weighted by molar-refractivity contribution is -0.135. The van der Waals surface area contributed by atoms with Crippen LogP contribution >= 0.6 is 0 Å². The van der Waals surface area contributed by atoms with Crippen LogP contribution in [0.3, 0.4) is 0 Å². The van der Waals surface area contributed by atoms with Crippen molar-refractivity contribution in [2.45, 2.75) is 64.8 Å². The zero-order chi connectivity index (χ0) is 22.5. The largest absolute Gasteiger partial charge is 0.492 e. The quantitative estimate of drug-likeness (QED) is 0.673. The van der Waals surface area contributed by atoms with E-state index in [4.69, 9.17) is 9.15 Å². The number of ether oxygens (including phenoxy) is 1. The number of aromatic nitrogens is 1. The van der Waals surface area contributed by atoms with Crippen LogP contribution in [0.2, 0.25) is 0 Å². The summed E-state index contributed by atoms with van der Waals surface area (Å²) in [7, 11) is 0. The number of hydrogen-bond acceptors (Lipinski definition) is 5. The van der Waals surface area contributed by atoms with E-state index in [0.29, 0.717) is 50.2 Å². The molecule has 7 heteroatoms. The molecule has 1 aromatic heterocycles. The molecule has 2 aliphatic heterocycles. The summed E-state index contributed by atoms with van der Waals surface area (Å²) in [4.78, 5) is 34.2. The first-order valence-corrected chi connectivity index (χ1v) is 11.8. The normalized spacial score (nSPS) is 20.7. The zero-order valence-electron chi connectivity index (χ0n) is 19.1. The lowest BCUT2D eigenvalue weighted by atomic mass is 9.95. The van der Waals surface area contributed by atoms with Crippen LogP contribution in [0.1, 0.15) is 66.2 Å². The first-order valence-electron chi connectivity index (χ1n) is 11.8. The third kappa shape index (κ3) is 5.31. The van der Waals surface area contributed by atoms with Gasteiger partial charge in [0.1, 0.15) is 12.4 Å². The van der Waals surface area contributed by atoms with Crippen LogP contribution in [-0.2, 0) is 11.2 Å². The van der Waals surface area contributed by atoms with Crippen molar-refractivity contribution in [2.24, 2.45) is 0 Å². The molecule has 2 aromatic rings. The Morgan fingerprint density at radius 1 is 1.06 bits per heavy atom. The number of hydrogen-bond donors (Lipinski definition) is 0. The summed E-state index contributed by atoms with van der Waals surface area (Å²) in [6.45, 7) is 5.63. The monoisotopic (exact) mass is 439 g/mol. The minimum absolute atomic E-state index is 0.201. The zero-order valence-corrected chi connectivity index (χ0v) is 19.1. The summed E-state index contributed by atoms with van der Waals surface area (Å²) < 4.78 is 11.5. The molecule has 1 saturated heterocycles. The van der Waals surface area contributed by atoms with Crippen LogP contribution in [0.25, 0.3) is 0 Å². The second kappa shape index (κ2) is 10.2. The van der Waals surface area contributed by atoms with E-state index in [1.807, 2.05) is 12.1 Å². The Hall–Kier alpha value is -2.83. The average molecular weight is 440 g/mol. The molecule has 0 aliphatic carbocycles. The van der Waals surface area contributed by atoms with Gasteiger partial charge in [0, 0.05) is 32.5 Å². The fraction of sp³-hybridized carbons (Fsp3) is 0.560. The summed E-state index contributed by atoms with van der Waals surface area (Å²) in [5.74, 6) is 1.56. The molecule has 0 spiro atoms. The van der Waals surface area contributed by atoms with Gasteiger partial charge < -0.3 is 19.0 Å². The maximum Gasteiger partial charge on any atom is 0.291 e. The van der Waals surface area contributed by atoms with Gasteiger partial charge in [0.2, 0.25) is 11.7 Å². The molecule has 1 unspecified atom stereocenters. The number of benzene rings is 1. The van der Waals surface area contributed by atoms with Crippen molar-refractivity contribution in [3.05, 3.63) is 47.2 Å². The molecular weight excluding hydrogens is 406 g/mol. The topological polar surface area (TPSA) is 75.9 Å². The molecule has 0 N–H and O–H groups in total. The van der Waals surface area contributed by atoms with Gasteiger partial charge in [-0.25, -0.2) is 4.98 Å². The van der Waals surface area contributed by atoms with Gasteiger partial charge in [-0.05, 0) is 63.1 Å². The van der Waals surface area contributed by atoms with Crippen LogP contribution in [0.5, 0.6) is 5.75 Å². The molecule has 1 atom stereocenters. The smallest absolute Gasteiger partial charge is 0.291 e. The third-order valence-electron chi connectivity index (χ3n) is 6.45. The second-order valence-electron chi connectivity index (χ2n) is 8.81. The standard InChI is InChI=1S/C25H33N3O4/c1-18-24(32-19(2)26-18)25(30)27-13-6-10-23(29)28-14-4-3-8-21(28)12-11-20-7-5-9-22(17-20)31-16-15-27/h5,7,9,17,21H,3-4,6,8,10-16H2,1-2H3. The van der Waals surface area contributed by atoms with Crippen molar-refractivity contribution in [3.8, 4) is 5.75 Å². The van der Waals surface area contributed by atoms with Crippen LogP contribution in [0.15, 0.2) is 28.7 Å². The van der Waals surface area contributed by atoms with Gasteiger partial charge in [-0.2, -0.15) is 0 Å². The van der Waals surface area contributed by atoms with E-state index in [0.717, 1.165) is 38.0 Å². The van der Waals surface area contributed by atoms with E-state index >= 15 is 0 Å². The van der Waals surface area contributed by atoms with Crippen molar-refractivity contribution >= 4 is 11.8 Å². The van der Waals surface area contributed by atoms with E-state index in [1.165, 1.54) is 12.0 Å². The highest BCUT2D eigenvalue weighted by molar-refractivity contribution is 5.92. The number of carbonyl (C=O) groups excluding carboxylic acids is 2. The summed E-state index contributed by atoms with van der Waals surface area (Å²) >= 11 is 0. The molecule has 1 aromatic carbocycles. The number of piperidine rings is 1. The fourth-order valence-electron chi connectivity index (χ4n) is 4.78. The Morgan fingerprint density at radius 3 is 2.75 bits per heavy atom. The molecule has 172 valence electrons. The molecule has 7 nitrogen and oxygen atoms in total. The molecule has 0 radical (unpaired) electrons. The Bertz CT molecular complexity index is 954. The van der Waals surface area contributed by atoms with Gasteiger partial charge in [-0.15, -0.1) is 0 Å². The molecule has 0 saturated carbocycles. The fourth-order valence-corrected chi connectivity index (χ4v) is 4.78. The predicted octanol–water partition coefficient (Wildman–Crippen LogP) is 3.92. The Labute approximate surface area is 189 Å². The maximum absolute atomic E-state index is 13.2. The molecule has 2 amide bonds. The van der Waals surface area contributed by atoms with Crippen molar-refractivity contribution < 1.29 is 18.7 Å². The first-order chi connectivity index (χ1) is 15.5. The third-order valence-corrected chi connectivity index (χ3v) is 6.45. The second-order valence-corrected chi connectivity index (χ2v) is 8.81. The summed E-state index contributed by atoms with van der Waals surface area (Å²) in [6.07, 6.45) is 6.29. The van der Waals surface area contributed by atoms with Crippen LogP contribution in [-0.4, -0.2) is 58.9 Å². The Balaban J connectivity index is 1.54. The van der Waals surface area contributed by atoms with E-state index in [2.05, 4.69) is 22.0 Å². The molecule has 32 heavy (non-hydrogen) atoms. The molecule has 3 heterocycles. The van der Waals surface area contributed by atoms with E-state index in [-0.39, 0.29) is 17.6 Å². The van der Waals surface area contributed by atoms with Gasteiger partial charge in [0.15, 0.2) is 5.89 Å². The lowest BCUT2D eigenvalue weighted by Gasteiger charge is -2.36. The van der Waals surface area contributed by atoms with Crippen LogP contribution in [0, 0.1) is 13.8 Å². The highest BCUT2D eigenvalue weighted by atomic mass is 16.5. The van der Waals surface area contributed by atoms with Crippen molar-refractivity contribution in [2.75, 3.05) is 26.2 Å². The summed E-state index contributed by atoms with van der Waals surface area (Å²) in [5, 5.41) is 0. The van der Waals surface area contributed by atoms with Gasteiger partial charge in [0.25, 0.3) is 5.91 Å². The van der Waals surface area contributed by atoms with E-state index in [9.17, 15) is 9.59 Å². The number of fused-ring (bicyclic) bond motifs is 3. The number of oxazole rings is 1. The number of carbonyl (C=O) groups is 2. The summed E-state index contributed by atoms with van der Waals surface area (Å²) in [6, 6.07) is 8.45. The van der Waals surface area contributed by atoms with Gasteiger partial charge in [0.05, 0.1) is 12.2 Å². The maximum atomic E-state index is 13.2. The molecule has 2 bridgehead atoms. The van der Waals surface area contributed by atoms with Gasteiger partial charge in [-0.3, -0.25) is 9.59 Å². The van der Waals surface area contributed by atoms with Crippen molar-refractivity contribution in [1.29, 1.82) is 0 Å². The number of aryl methyl sites for hydroxylation is 3. The van der Waals surface area contributed by atoms with E-state index < -0.39 is 0 Å². The molecule has 2 aliphatic rings. The molecule has 4 rings (SSSR count). The number of rotatable bonds is 1. The van der Waals surface area contributed by atoms with Crippen molar-refractivity contribution in [3.63, 3.8) is 0 Å². The average Bonchev–Trinajstić information content (AvgIpc) is 3.13. The number of nitrogens with zero attached hydrogens (tertiary/aromatic N) is 3. The minimum Gasteiger partial charge on any atom is -0.492 e. The highest BCUT2D eigenvalue weighted by Gasteiger charge is 2.27.